The van der Waals surface area contributed by atoms with E-state index in [0.29, 0.717) is 6.04 Å². The minimum absolute atomic E-state index is 0.0282. The molecule has 2 aromatic rings. The fourth-order valence-corrected chi connectivity index (χ4v) is 3.36. The highest BCUT2D eigenvalue weighted by molar-refractivity contribution is 7.80. The van der Waals surface area contributed by atoms with E-state index in [1.54, 1.807) is 0 Å². The van der Waals surface area contributed by atoms with Crippen molar-refractivity contribution < 1.29 is 0 Å². The smallest absolute Gasteiger partial charge is 0.167 e. The molecular weight excluding hydrogens is 316 g/mol. The summed E-state index contributed by atoms with van der Waals surface area (Å²) in [5.41, 5.74) is 2.35. The molecule has 1 fully saturated rings. The van der Waals surface area contributed by atoms with Crippen LogP contribution in [0.2, 0.25) is 0 Å². The fourth-order valence-electron chi connectivity index (χ4n) is 3.07. The first kappa shape index (κ1) is 16.9. The molecule has 0 amide bonds. The van der Waals surface area contributed by atoms with Crippen LogP contribution in [0.1, 0.15) is 30.0 Å². The average Bonchev–Trinajstić information content (AvgIpc) is 2.63. The van der Waals surface area contributed by atoms with Crippen LogP contribution in [-0.2, 0) is 0 Å². The van der Waals surface area contributed by atoms with Crippen molar-refractivity contribution in [2.24, 2.45) is 0 Å². The van der Waals surface area contributed by atoms with Crippen LogP contribution in [-0.4, -0.2) is 41.2 Å². The number of hydrogen-bond donors (Lipinski definition) is 2. The number of aromatic nitrogens is 1. The third-order valence-corrected chi connectivity index (χ3v) is 4.74. The van der Waals surface area contributed by atoms with Crippen molar-refractivity contribution in [2.45, 2.75) is 24.9 Å². The Morgan fingerprint density at radius 1 is 1.08 bits per heavy atom. The Morgan fingerprint density at radius 3 is 2.38 bits per heavy atom. The lowest BCUT2D eigenvalue weighted by molar-refractivity contribution is 0.246. The number of nitrogens with one attached hydrogen (secondary N) is 2. The Morgan fingerprint density at radius 2 is 1.71 bits per heavy atom. The van der Waals surface area contributed by atoms with Crippen molar-refractivity contribution in [3.8, 4) is 0 Å². The molecule has 2 N–H and O–H groups in total. The zero-order chi connectivity index (χ0) is 16.8. The van der Waals surface area contributed by atoms with E-state index in [9.17, 15) is 0 Å². The first-order valence-electron chi connectivity index (χ1n) is 8.43. The van der Waals surface area contributed by atoms with Crippen LogP contribution in [0, 0.1) is 0 Å². The second-order valence-electron chi connectivity index (χ2n) is 6.32. The van der Waals surface area contributed by atoms with E-state index >= 15 is 0 Å². The van der Waals surface area contributed by atoms with Crippen molar-refractivity contribution in [1.29, 1.82) is 0 Å². The Bertz CT molecular complexity index is 599. The summed E-state index contributed by atoms with van der Waals surface area (Å²) in [5.74, 6) is 0. The molecule has 1 aromatic heterocycles. The zero-order valence-corrected chi connectivity index (χ0v) is 14.8. The van der Waals surface area contributed by atoms with Crippen molar-refractivity contribution in [3.63, 3.8) is 0 Å². The Labute approximate surface area is 149 Å². The van der Waals surface area contributed by atoms with E-state index in [1.165, 1.54) is 5.56 Å². The predicted molar refractivity (Wildman–Crippen MR) is 102 cm³/mol. The molecule has 2 heterocycles. The minimum atomic E-state index is 0.0282. The maximum absolute atomic E-state index is 5.59. The molecule has 1 aliphatic heterocycles. The molecule has 1 aromatic carbocycles. The third-order valence-electron chi connectivity index (χ3n) is 4.50. The molecule has 1 saturated heterocycles. The molecule has 1 atom stereocenters. The van der Waals surface area contributed by atoms with E-state index in [2.05, 4.69) is 51.8 Å². The van der Waals surface area contributed by atoms with Crippen LogP contribution in [0.4, 0.5) is 0 Å². The van der Waals surface area contributed by atoms with Crippen molar-refractivity contribution in [3.05, 3.63) is 66.0 Å². The van der Waals surface area contributed by atoms with Crippen LogP contribution in [0.25, 0.3) is 0 Å². The van der Waals surface area contributed by atoms with Crippen LogP contribution >= 0.6 is 12.2 Å². The summed E-state index contributed by atoms with van der Waals surface area (Å²) in [7, 11) is 2.17. The van der Waals surface area contributed by atoms with Crippen LogP contribution in [0.15, 0.2) is 54.9 Å². The highest BCUT2D eigenvalue weighted by atomic mass is 32.1. The molecule has 4 nitrogen and oxygen atoms in total. The number of hydrogen-bond acceptors (Lipinski definition) is 3. The molecule has 24 heavy (non-hydrogen) atoms. The number of pyridine rings is 1. The predicted octanol–water partition coefficient (Wildman–Crippen LogP) is 2.73. The van der Waals surface area contributed by atoms with Gasteiger partial charge in [0.05, 0.1) is 6.04 Å². The lowest BCUT2D eigenvalue weighted by Gasteiger charge is -2.31. The summed E-state index contributed by atoms with van der Waals surface area (Å²) in [6.07, 6.45) is 5.90. The molecule has 0 saturated carbocycles. The number of rotatable bonds is 4. The van der Waals surface area contributed by atoms with Gasteiger partial charge in [-0.05, 0) is 68.5 Å². The Kier molecular flexibility index (Phi) is 5.77. The number of piperidine rings is 1. The summed E-state index contributed by atoms with van der Waals surface area (Å²) in [4.78, 5) is 6.48. The van der Waals surface area contributed by atoms with Gasteiger partial charge in [-0.25, -0.2) is 0 Å². The van der Waals surface area contributed by atoms with Gasteiger partial charge in [0.2, 0.25) is 0 Å². The number of nitrogens with zero attached hydrogens (tertiary/aromatic N) is 2. The van der Waals surface area contributed by atoms with Crippen molar-refractivity contribution >= 4 is 17.3 Å². The lowest BCUT2D eigenvalue weighted by Crippen LogP contribution is -2.47. The summed E-state index contributed by atoms with van der Waals surface area (Å²) in [6.45, 7) is 2.24. The first-order valence-corrected chi connectivity index (χ1v) is 8.83. The molecule has 0 aliphatic carbocycles. The van der Waals surface area contributed by atoms with Gasteiger partial charge >= 0.3 is 0 Å². The van der Waals surface area contributed by atoms with E-state index in [-0.39, 0.29) is 6.04 Å². The van der Waals surface area contributed by atoms with Gasteiger partial charge in [-0.2, -0.15) is 0 Å². The summed E-state index contributed by atoms with van der Waals surface area (Å²) in [6, 6.07) is 14.9. The summed E-state index contributed by atoms with van der Waals surface area (Å²) < 4.78 is 0. The van der Waals surface area contributed by atoms with E-state index in [1.807, 2.05) is 30.6 Å². The van der Waals surface area contributed by atoms with E-state index in [0.717, 1.165) is 36.6 Å². The van der Waals surface area contributed by atoms with Crippen LogP contribution in [0.5, 0.6) is 0 Å². The molecule has 1 aliphatic rings. The molecular formula is C19H24N4S. The third kappa shape index (κ3) is 4.52. The zero-order valence-electron chi connectivity index (χ0n) is 14.0. The van der Waals surface area contributed by atoms with Gasteiger partial charge in [-0.1, -0.05) is 30.3 Å². The minimum Gasteiger partial charge on any atom is -0.360 e. The average molecular weight is 340 g/mol. The quantitative estimate of drug-likeness (QED) is 0.838. The molecule has 1 unspecified atom stereocenters. The monoisotopic (exact) mass is 340 g/mol. The topological polar surface area (TPSA) is 40.2 Å². The molecule has 0 bridgehead atoms. The van der Waals surface area contributed by atoms with Crippen molar-refractivity contribution in [2.75, 3.05) is 20.1 Å². The Balaban J connectivity index is 1.69. The molecule has 5 heteroatoms. The van der Waals surface area contributed by atoms with Gasteiger partial charge in [0.25, 0.3) is 0 Å². The number of likely N-dealkylation sites (tertiary alicyclic amines) is 1. The molecule has 0 radical (unpaired) electrons. The van der Waals surface area contributed by atoms with E-state index in [4.69, 9.17) is 12.2 Å². The maximum Gasteiger partial charge on any atom is 0.167 e. The SMILES string of the molecule is CN1CCC(NC(=S)NC(c2ccccc2)c2ccncc2)CC1. The highest BCUT2D eigenvalue weighted by Crippen LogP contribution is 2.21. The first-order chi connectivity index (χ1) is 11.7. The van der Waals surface area contributed by atoms with Gasteiger partial charge in [-0.3, -0.25) is 4.98 Å². The lowest BCUT2D eigenvalue weighted by atomic mass is 10.00. The molecule has 126 valence electrons. The highest BCUT2D eigenvalue weighted by Gasteiger charge is 2.19. The summed E-state index contributed by atoms with van der Waals surface area (Å²) in [5, 5.41) is 7.69. The molecule has 3 rings (SSSR count). The largest absolute Gasteiger partial charge is 0.360 e. The number of benzene rings is 1. The Hall–Kier alpha value is -1.98. The number of thiocarbonyl (C=S) groups is 1. The van der Waals surface area contributed by atoms with Crippen LogP contribution in [0.3, 0.4) is 0 Å². The second kappa shape index (κ2) is 8.22. The van der Waals surface area contributed by atoms with Crippen molar-refractivity contribution in [1.82, 2.24) is 20.5 Å². The van der Waals surface area contributed by atoms with Gasteiger partial charge < -0.3 is 15.5 Å². The van der Waals surface area contributed by atoms with Gasteiger partial charge in [0, 0.05) is 18.4 Å². The van der Waals surface area contributed by atoms with Gasteiger partial charge in [0.15, 0.2) is 5.11 Å². The maximum atomic E-state index is 5.59. The molecule has 0 spiro atoms. The van der Waals surface area contributed by atoms with Crippen LogP contribution < -0.4 is 10.6 Å². The fraction of sp³-hybridized carbons (Fsp3) is 0.368. The second-order valence-corrected chi connectivity index (χ2v) is 6.73. The normalized spacial score (nSPS) is 17.2. The van der Waals surface area contributed by atoms with E-state index < -0.39 is 0 Å². The summed E-state index contributed by atoms with van der Waals surface area (Å²) >= 11 is 5.59. The standard InChI is InChI=1S/C19H24N4S/c1-23-13-9-17(10-14-23)21-19(24)22-18(15-5-3-2-4-6-15)16-7-11-20-12-8-16/h2-8,11-12,17-18H,9-10,13-14H2,1H3,(H2,21,22,24). The van der Waals surface area contributed by atoms with Gasteiger partial charge in [0.1, 0.15) is 0 Å². The van der Waals surface area contributed by atoms with Gasteiger partial charge in [-0.15, -0.1) is 0 Å².